The minimum Gasteiger partial charge on any atom is -0.440 e. The molecule has 0 saturated heterocycles. The zero-order chi connectivity index (χ0) is 16.7. The molecule has 4 rings (SSSR count). The summed E-state index contributed by atoms with van der Waals surface area (Å²) in [6.07, 6.45) is 0. The average molecular weight is 312 g/mol. The normalized spacial score (nSPS) is 16.4. The lowest BCUT2D eigenvalue weighted by Gasteiger charge is -2.27. The van der Waals surface area contributed by atoms with E-state index in [2.05, 4.69) is 18.2 Å². The van der Waals surface area contributed by atoms with Crippen LogP contribution in [0.3, 0.4) is 0 Å². The summed E-state index contributed by atoms with van der Waals surface area (Å²) in [7, 11) is 0. The summed E-state index contributed by atoms with van der Waals surface area (Å²) >= 11 is 0. The van der Waals surface area contributed by atoms with E-state index in [1.54, 1.807) is 0 Å². The maximum absolute atomic E-state index is 9.63. The van der Waals surface area contributed by atoms with Crippen molar-refractivity contribution >= 4 is 10.8 Å². The summed E-state index contributed by atoms with van der Waals surface area (Å²) in [5, 5.41) is 11.7. The summed E-state index contributed by atoms with van der Waals surface area (Å²) in [4.78, 5) is 0. The Bertz CT molecular complexity index is 1030. The molecule has 0 fully saturated rings. The molecule has 0 saturated carbocycles. The fourth-order valence-corrected chi connectivity index (χ4v) is 3.38. The molecular weight excluding hydrogens is 296 g/mol. The van der Waals surface area contributed by atoms with E-state index in [0.717, 1.165) is 33.2 Å². The molecule has 1 atom stereocenters. The molecular formula is C21H16N2O. The van der Waals surface area contributed by atoms with Gasteiger partial charge in [0.15, 0.2) is 0 Å². The molecule has 0 aliphatic carbocycles. The topological polar surface area (TPSA) is 59.0 Å². The van der Waals surface area contributed by atoms with Gasteiger partial charge in [-0.1, -0.05) is 66.2 Å². The van der Waals surface area contributed by atoms with Crippen molar-refractivity contribution in [3.63, 3.8) is 0 Å². The molecule has 3 aromatic carbocycles. The van der Waals surface area contributed by atoms with Gasteiger partial charge in [-0.2, -0.15) is 5.26 Å². The van der Waals surface area contributed by atoms with E-state index in [4.69, 9.17) is 10.5 Å². The van der Waals surface area contributed by atoms with Crippen LogP contribution in [0.1, 0.15) is 22.6 Å². The molecule has 116 valence electrons. The van der Waals surface area contributed by atoms with Gasteiger partial charge in [-0.15, -0.1) is 0 Å². The fourth-order valence-electron chi connectivity index (χ4n) is 3.38. The molecule has 0 radical (unpaired) electrons. The third-order valence-electron chi connectivity index (χ3n) is 4.48. The van der Waals surface area contributed by atoms with E-state index >= 15 is 0 Å². The lowest BCUT2D eigenvalue weighted by Crippen LogP contribution is -2.21. The highest BCUT2D eigenvalue weighted by Gasteiger charge is 2.31. The highest BCUT2D eigenvalue weighted by molar-refractivity contribution is 5.90. The predicted octanol–water partition coefficient (Wildman–Crippen LogP) is 4.37. The first-order valence-electron chi connectivity index (χ1n) is 7.85. The van der Waals surface area contributed by atoms with Gasteiger partial charge in [0, 0.05) is 10.9 Å². The van der Waals surface area contributed by atoms with E-state index in [9.17, 15) is 5.26 Å². The molecule has 3 heteroatoms. The maximum Gasteiger partial charge on any atom is 0.205 e. The molecule has 0 aromatic heterocycles. The number of nitrogens with zero attached hydrogens (tertiary/aromatic N) is 1. The van der Waals surface area contributed by atoms with Gasteiger partial charge < -0.3 is 10.5 Å². The van der Waals surface area contributed by atoms with Crippen LogP contribution in [0.4, 0.5) is 0 Å². The van der Waals surface area contributed by atoms with Gasteiger partial charge in [0.05, 0.1) is 5.92 Å². The largest absolute Gasteiger partial charge is 0.440 e. The van der Waals surface area contributed by atoms with Crippen LogP contribution in [0, 0.1) is 18.3 Å². The number of allylic oxidation sites excluding steroid dienone is 1. The van der Waals surface area contributed by atoms with Crippen LogP contribution in [-0.4, -0.2) is 0 Å². The Morgan fingerprint density at radius 3 is 2.67 bits per heavy atom. The Morgan fingerprint density at radius 1 is 1.04 bits per heavy atom. The molecule has 0 amide bonds. The van der Waals surface area contributed by atoms with Gasteiger partial charge in [-0.25, -0.2) is 0 Å². The molecule has 1 aliphatic heterocycles. The first-order valence-corrected chi connectivity index (χ1v) is 7.85. The van der Waals surface area contributed by atoms with Crippen molar-refractivity contribution in [3.05, 3.63) is 88.8 Å². The quantitative estimate of drug-likeness (QED) is 0.726. The standard InChI is InChI=1S/C21H16N2O/c1-13-5-4-7-15(11-13)19-17-10-9-14-6-2-3-8-16(14)20(17)24-21(23)18(19)12-22/h2-11,19H,23H2,1H3. The summed E-state index contributed by atoms with van der Waals surface area (Å²) in [5.41, 5.74) is 9.73. The Morgan fingerprint density at radius 2 is 1.88 bits per heavy atom. The van der Waals surface area contributed by atoms with Crippen LogP contribution < -0.4 is 10.5 Å². The lowest BCUT2D eigenvalue weighted by atomic mass is 9.82. The van der Waals surface area contributed by atoms with Gasteiger partial charge in [0.25, 0.3) is 0 Å². The molecule has 3 nitrogen and oxygen atoms in total. The van der Waals surface area contributed by atoms with Gasteiger partial charge in [0.2, 0.25) is 5.88 Å². The summed E-state index contributed by atoms with van der Waals surface area (Å²) in [6.45, 7) is 2.04. The van der Waals surface area contributed by atoms with Crippen LogP contribution in [0.25, 0.3) is 10.8 Å². The summed E-state index contributed by atoms with van der Waals surface area (Å²) in [5.74, 6) is 0.729. The molecule has 0 bridgehead atoms. The van der Waals surface area contributed by atoms with Gasteiger partial charge >= 0.3 is 0 Å². The summed E-state index contributed by atoms with van der Waals surface area (Å²) < 4.78 is 5.87. The Labute approximate surface area is 140 Å². The molecule has 1 heterocycles. The van der Waals surface area contributed by atoms with Gasteiger partial charge in [0.1, 0.15) is 17.4 Å². The van der Waals surface area contributed by atoms with E-state index in [-0.39, 0.29) is 11.8 Å². The number of nitrogens with two attached hydrogens (primary N) is 1. The Balaban J connectivity index is 2.02. The van der Waals surface area contributed by atoms with Crippen LogP contribution in [0.2, 0.25) is 0 Å². The number of fused-ring (bicyclic) bond motifs is 3. The Kier molecular flexibility index (Phi) is 3.25. The zero-order valence-corrected chi connectivity index (χ0v) is 13.3. The highest BCUT2D eigenvalue weighted by atomic mass is 16.5. The molecule has 3 aromatic rings. The monoisotopic (exact) mass is 312 g/mol. The number of benzene rings is 3. The van der Waals surface area contributed by atoms with E-state index in [0.29, 0.717) is 5.57 Å². The number of rotatable bonds is 1. The van der Waals surface area contributed by atoms with Gasteiger partial charge in [-0.05, 0) is 17.9 Å². The van der Waals surface area contributed by atoms with Crippen molar-refractivity contribution in [1.82, 2.24) is 0 Å². The van der Waals surface area contributed by atoms with E-state index in [1.165, 1.54) is 0 Å². The van der Waals surface area contributed by atoms with Crippen LogP contribution in [0.15, 0.2) is 72.1 Å². The maximum atomic E-state index is 9.63. The predicted molar refractivity (Wildman–Crippen MR) is 94.4 cm³/mol. The molecule has 2 N–H and O–H groups in total. The van der Waals surface area contributed by atoms with Crippen molar-refractivity contribution < 1.29 is 4.74 Å². The molecule has 1 aliphatic rings. The number of aryl methyl sites for hydroxylation is 1. The van der Waals surface area contributed by atoms with Crippen molar-refractivity contribution in [2.45, 2.75) is 12.8 Å². The first kappa shape index (κ1) is 14.3. The minimum atomic E-state index is -0.205. The minimum absolute atomic E-state index is 0.188. The second kappa shape index (κ2) is 5.43. The van der Waals surface area contributed by atoms with Crippen molar-refractivity contribution in [2.24, 2.45) is 5.73 Å². The molecule has 24 heavy (non-hydrogen) atoms. The second-order valence-corrected chi connectivity index (χ2v) is 6.04. The van der Waals surface area contributed by atoms with E-state index in [1.807, 2.05) is 55.5 Å². The third kappa shape index (κ3) is 2.12. The zero-order valence-electron chi connectivity index (χ0n) is 13.3. The lowest BCUT2D eigenvalue weighted by molar-refractivity contribution is 0.398. The molecule has 0 spiro atoms. The Hall–Kier alpha value is -3.25. The van der Waals surface area contributed by atoms with Crippen LogP contribution in [0.5, 0.6) is 5.75 Å². The number of nitriles is 1. The van der Waals surface area contributed by atoms with Crippen molar-refractivity contribution in [3.8, 4) is 11.8 Å². The van der Waals surface area contributed by atoms with Crippen LogP contribution in [-0.2, 0) is 0 Å². The number of hydrogen-bond donors (Lipinski definition) is 1. The second-order valence-electron chi connectivity index (χ2n) is 6.04. The first-order chi connectivity index (χ1) is 11.7. The van der Waals surface area contributed by atoms with Crippen molar-refractivity contribution in [2.75, 3.05) is 0 Å². The molecule has 1 unspecified atom stereocenters. The SMILES string of the molecule is Cc1cccc(C2C(C#N)=C(N)Oc3c2ccc2ccccc32)c1. The third-order valence-corrected chi connectivity index (χ3v) is 4.48. The van der Waals surface area contributed by atoms with Crippen LogP contribution >= 0.6 is 0 Å². The highest BCUT2D eigenvalue weighted by Crippen LogP contribution is 2.45. The fraction of sp³-hybridized carbons (Fsp3) is 0.0952. The smallest absolute Gasteiger partial charge is 0.205 e. The van der Waals surface area contributed by atoms with Gasteiger partial charge in [-0.3, -0.25) is 0 Å². The number of hydrogen-bond acceptors (Lipinski definition) is 3. The van der Waals surface area contributed by atoms with E-state index < -0.39 is 0 Å². The summed E-state index contributed by atoms with van der Waals surface area (Å²) in [6, 6.07) is 22.6. The van der Waals surface area contributed by atoms with Crippen molar-refractivity contribution in [1.29, 1.82) is 5.26 Å². The average Bonchev–Trinajstić information content (AvgIpc) is 2.60. The number of ether oxygens (including phenoxy) is 1.